The van der Waals surface area contributed by atoms with Crippen LogP contribution < -0.4 is 0 Å². The van der Waals surface area contributed by atoms with Gasteiger partial charge in [0.15, 0.2) is 0 Å². The second-order valence-corrected chi connectivity index (χ2v) is 5.61. The van der Waals surface area contributed by atoms with E-state index in [1.807, 2.05) is 0 Å². The van der Waals surface area contributed by atoms with E-state index in [9.17, 15) is 4.79 Å². The van der Waals surface area contributed by atoms with E-state index in [4.69, 9.17) is 9.84 Å². The molecular formula is C13H19NO3S. The lowest BCUT2D eigenvalue weighted by Crippen LogP contribution is -2.38. The number of nitrogens with zero attached hydrogens (tertiary/aromatic N) is 1. The molecule has 1 aliphatic rings. The molecule has 0 saturated carbocycles. The smallest absolute Gasteiger partial charge is 0.329 e. The molecule has 1 aliphatic heterocycles. The molecule has 1 fully saturated rings. The Morgan fingerprint density at radius 3 is 2.89 bits per heavy atom. The lowest BCUT2D eigenvalue weighted by molar-refractivity contribution is -0.145. The van der Waals surface area contributed by atoms with Gasteiger partial charge in [-0.05, 0) is 31.2 Å². The summed E-state index contributed by atoms with van der Waals surface area (Å²) < 4.78 is 5.34. The normalized spacial score (nSPS) is 19.8. The molecular weight excluding hydrogens is 250 g/mol. The molecule has 1 unspecified atom stereocenters. The van der Waals surface area contributed by atoms with Crippen molar-refractivity contribution in [3.8, 4) is 0 Å². The van der Waals surface area contributed by atoms with Gasteiger partial charge in [-0.2, -0.15) is 0 Å². The van der Waals surface area contributed by atoms with Crippen LogP contribution in [-0.4, -0.2) is 41.8 Å². The molecule has 0 spiro atoms. The molecule has 1 saturated heterocycles. The summed E-state index contributed by atoms with van der Waals surface area (Å²) in [6.45, 7) is 4.00. The Balaban J connectivity index is 1.78. The predicted octanol–water partition coefficient (Wildman–Crippen LogP) is 2.37. The van der Waals surface area contributed by atoms with Crippen molar-refractivity contribution in [2.24, 2.45) is 0 Å². The van der Waals surface area contributed by atoms with Gasteiger partial charge in [0, 0.05) is 24.0 Å². The van der Waals surface area contributed by atoms with E-state index in [1.165, 1.54) is 4.88 Å². The molecule has 1 aromatic rings. The first kappa shape index (κ1) is 13.5. The van der Waals surface area contributed by atoms with Gasteiger partial charge in [-0.1, -0.05) is 6.07 Å². The third-order valence-electron chi connectivity index (χ3n) is 3.42. The van der Waals surface area contributed by atoms with Crippen molar-refractivity contribution < 1.29 is 14.6 Å². The van der Waals surface area contributed by atoms with E-state index >= 15 is 0 Å². The highest BCUT2D eigenvalue weighted by Gasteiger charge is 2.24. The van der Waals surface area contributed by atoms with Crippen LogP contribution in [0.15, 0.2) is 17.5 Å². The number of rotatable bonds is 5. The molecule has 100 valence electrons. The topological polar surface area (TPSA) is 49.8 Å². The fourth-order valence-corrected chi connectivity index (χ4v) is 3.15. The summed E-state index contributed by atoms with van der Waals surface area (Å²) >= 11 is 1.79. The first-order valence-electron chi connectivity index (χ1n) is 6.27. The van der Waals surface area contributed by atoms with Crippen LogP contribution in [0.3, 0.4) is 0 Å². The number of carboxylic acids is 1. The lowest BCUT2D eigenvalue weighted by Gasteiger charge is -2.35. The maximum atomic E-state index is 10.4. The zero-order valence-electron chi connectivity index (χ0n) is 10.5. The van der Waals surface area contributed by atoms with Gasteiger partial charge in [-0.15, -0.1) is 11.3 Å². The molecule has 0 radical (unpaired) electrons. The standard InChI is InChI=1S/C13H19NO3S/c1-10(12-3-2-8-18-12)14-6-4-11(5-7-14)17-9-13(15)16/h2-3,8,10-11H,4-7,9H2,1H3,(H,15,16). The SMILES string of the molecule is CC(c1cccs1)N1CCC(OCC(=O)O)CC1. The van der Waals surface area contributed by atoms with Crippen molar-refractivity contribution in [3.63, 3.8) is 0 Å². The number of carboxylic acid groups (broad SMARTS) is 1. The molecule has 0 aromatic carbocycles. The summed E-state index contributed by atoms with van der Waals surface area (Å²) in [5.74, 6) is -0.885. The van der Waals surface area contributed by atoms with E-state index in [0.717, 1.165) is 25.9 Å². The predicted molar refractivity (Wildman–Crippen MR) is 70.9 cm³/mol. The molecule has 4 nitrogen and oxygen atoms in total. The van der Waals surface area contributed by atoms with E-state index in [0.29, 0.717) is 6.04 Å². The third-order valence-corrected chi connectivity index (χ3v) is 4.46. The number of carbonyl (C=O) groups is 1. The lowest BCUT2D eigenvalue weighted by atomic mass is 10.1. The number of thiophene rings is 1. The van der Waals surface area contributed by atoms with Crippen molar-refractivity contribution in [2.75, 3.05) is 19.7 Å². The number of likely N-dealkylation sites (tertiary alicyclic amines) is 1. The molecule has 0 amide bonds. The summed E-state index contributed by atoms with van der Waals surface area (Å²) in [4.78, 5) is 14.3. The summed E-state index contributed by atoms with van der Waals surface area (Å²) in [5.41, 5.74) is 0. The monoisotopic (exact) mass is 269 g/mol. The average molecular weight is 269 g/mol. The van der Waals surface area contributed by atoms with Crippen LogP contribution in [0.25, 0.3) is 0 Å². The van der Waals surface area contributed by atoms with Gasteiger partial charge >= 0.3 is 5.97 Å². The average Bonchev–Trinajstić information content (AvgIpc) is 2.90. The zero-order valence-corrected chi connectivity index (χ0v) is 11.4. The first-order valence-corrected chi connectivity index (χ1v) is 7.15. The second kappa shape index (κ2) is 6.31. The second-order valence-electron chi connectivity index (χ2n) is 4.63. The molecule has 0 bridgehead atoms. The van der Waals surface area contributed by atoms with Crippen LogP contribution in [0.4, 0.5) is 0 Å². The Morgan fingerprint density at radius 2 is 2.33 bits per heavy atom. The van der Waals surface area contributed by atoms with Gasteiger partial charge in [0.05, 0.1) is 6.10 Å². The van der Waals surface area contributed by atoms with Crippen LogP contribution in [0.5, 0.6) is 0 Å². The number of hydrogen-bond acceptors (Lipinski definition) is 4. The van der Waals surface area contributed by atoms with Gasteiger partial charge in [0.25, 0.3) is 0 Å². The molecule has 2 rings (SSSR count). The van der Waals surface area contributed by atoms with E-state index in [-0.39, 0.29) is 12.7 Å². The molecule has 1 aromatic heterocycles. The number of hydrogen-bond donors (Lipinski definition) is 1. The number of piperidine rings is 1. The molecule has 1 N–H and O–H groups in total. The van der Waals surface area contributed by atoms with E-state index < -0.39 is 5.97 Å². The van der Waals surface area contributed by atoms with Crippen molar-refractivity contribution in [3.05, 3.63) is 22.4 Å². The van der Waals surface area contributed by atoms with Crippen molar-refractivity contribution in [2.45, 2.75) is 31.9 Å². The Morgan fingerprint density at radius 1 is 1.61 bits per heavy atom. The van der Waals surface area contributed by atoms with E-state index in [1.54, 1.807) is 11.3 Å². The summed E-state index contributed by atoms with van der Waals surface area (Å²) in [5, 5.41) is 10.7. The van der Waals surface area contributed by atoms with Crippen LogP contribution in [-0.2, 0) is 9.53 Å². The molecule has 5 heteroatoms. The summed E-state index contributed by atoms with van der Waals surface area (Å²) in [6, 6.07) is 4.70. The maximum Gasteiger partial charge on any atom is 0.329 e. The highest BCUT2D eigenvalue weighted by Crippen LogP contribution is 2.27. The number of ether oxygens (including phenoxy) is 1. The quantitative estimate of drug-likeness (QED) is 0.891. The molecule has 0 aliphatic carbocycles. The summed E-state index contributed by atoms with van der Waals surface area (Å²) in [6.07, 6.45) is 1.94. The molecule has 2 heterocycles. The minimum atomic E-state index is -0.885. The van der Waals surface area contributed by atoms with Crippen LogP contribution in [0.1, 0.15) is 30.7 Å². The first-order chi connectivity index (χ1) is 8.66. The highest BCUT2D eigenvalue weighted by atomic mass is 32.1. The van der Waals surface area contributed by atoms with Crippen LogP contribution >= 0.6 is 11.3 Å². The van der Waals surface area contributed by atoms with Gasteiger partial charge < -0.3 is 9.84 Å². The molecule has 18 heavy (non-hydrogen) atoms. The fraction of sp³-hybridized carbons (Fsp3) is 0.615. The fourth-order valence-electron chi connectivity index (χ4n) is 2.33. The van der Waals surface area contributed by atoms with Crippen molar-refractivity contribution >= 4 is 17.3 Å². The Labute approximate surface area is 111 Å². The zero-order chi connectivity index (χ0) is 13.0. The Kier molecular flexibility index (Phi) is 4.74. The summed E-state index contributed by atoms with van der Waals surface area (Å²) in [7, 11) is 0. The van der Waals surface area contributed by atoms with Gasteiger partial charge in [-0.25, -0.2) is 4.79 Å². The minimum Gasteiger partial charge on any atom is -0.480 e. The number of aliphatic carboxylic acids is 1. The van der Waals surface area contributed by atoms with Crippen molar-refractivity contribution in [1.82, 2.24) is 4.90 Å². The van der Waals surface area contributed by atoms with Crippen LogP contribution in [0.2, 0.25) is 0 Å². The maximum absolute atomic E-state index is 10.4. The van der Waals surface area contributed by atoms with E-state index in [2.05, 4.69) is 29.3 Å². The molecule has 1 atom stereocenters. The Hall–Kier alpha value is -0.910. The van der Waals surface area contributed by atoms with Crippen LogP contribution in [0, 0.1) is 0 Å². The van der Waals surface area contributed by atoms with Gasteiger partial charge in [-0.3, -0.25) is 4.90 Å². The van der Waals surface area contributed by atoms with Gasteiger partial charge in [0.1, 0.15) is 6.61 Å². The van der Waals surface area contributed by atoms with Gasteiger partial charge in [0.2, 0.25) is 0 Å². The largest absolute Gasteiger partial charge is 0.480 e. The third kappa shape index (κ3) is 3.54. The minimum absolute atomic E-state index is 0.105. The Bertz CT molecular complexity index is 372. The van der Waals surface area contributed by atoms with Crippen molar-refractivity contribution in [1.29, 1.82) is 0 Å². The highest BCUT2D eigenvalue weighted by molar-refractivity contribution is 7.10.